The molecule has 0 spiro atoms. The zero-order chi connectivity index (χ0) is 12.3. The Morgan fingerprint density at radius 3 is 2.41 bits per heavy atom. The van der Waals surface area contributed by atoms with Crippen LogP contribution in [0, 0.1) is 0 Å². The van der Waals surface area contributed by atoms with Gasteiger partial charge >= 0.3 is 0 Å². The number of benzene rings is 1. The molecule has 17 heavy (non-hydrogen) atoms. The predicted molar refractivity (Wildman–Crippen MR) is 64.7 cm³/mol. The number of hydrogen-bond acceptors (Lipinski definition) is 3. The van der Waals surface area contributed by atoms with E-state index in [1.165, 1.54) is 0 Å². The van der Waals surface area contributed by atoms with Crippen molar-refractivity contribution in [1.82, 2.24) is 0 Å². The summed E-state index contributed by atoms with van der Waals surface area (Å²) in [4.78, 5) is 11.3. The second kappa shape index (κ2) is 5.04. The smallest absolute Gasteiger partial charge is 0.162 e. The van der Waals surface area contributed by atoms with E-state index in [-0.39, 0.29) is 5.78 Å². The molecule has 0 unspecified atom stereocenters. The number of hydrogen-bond donors (Lipinski definition) is 0. The van der Waals surface area contributed by atoms with Crippen LogP contribution in [0.4, 0.5) is 0 Å². The Balaban J connectivity index is 1.96. The van der Waals surface area contributed by atoms with E-state index in [2.05, 4.69) is 0 Å². The van der Waals surface area contributed by atoms with Gasteiger partial charge in [0.15, 0.2) is 5.78 Å². The van der Waals surface area contributed by atoms with E-state index < -0.39 is 0 Å². The fourth-order valence-electron chi connectivity index (χ4n) is 1.83. The predicted octanol–water partition coefficient (Wildman–Crippen LogP) is 2.85. The van der Waals surface area contributed by atoms with Crippen molar-refractivity contribution in [3.05, 3.63) is 41.2 Å². The highest BCUT2D eigenvalue weighted by Gasteiger charge is 2.20. The molecule has 0 N–H and O–H groups in total. The molecule has 0 radical (unpaired) electrons. The Hall–Kier alpha value is -1.77. The van der Waals surface area contributed by atoms with Crippen molar-refractivity contribution < 1.29 is 14.3 Å². The first kappa shape index (κ1) is 11.7. The highest BCUT2D eigenvalue weighted by Crippen LogP contribution is 2.24. The first-order valence-corrected chi connectivity index (χ1v) is 5.69. The number of carbonyl (C=O) groups is 1. The van der Waals surface area contributed by atoms with Gasteiger partial charge in [0.05, 0.1) is 7.11 Å². The van der Waals surface area contributed by atoms with Gasteiger partial charge in [0, 0.05) is 18.4 Å². The molecule has 0 heterocycles. The SMILES string of the molecule is COc1ccc(COC2=C(C)C(=O)CC2)cc1. The van der Waals surface area contributed by atoms with Gasteiger partial charge in [0.2, 0.25) is 0 Å². The average Bonchev–Trinajstić information content (AvgIpc) is 2.68. The van der Waals surface area contributed by atoms with E-state index in [0.717, 1.165) is 29.1 Å². The van der Waals surface area contributed by atoms with Crippen molar-refractivity contribution in [2.24, 2.45) is 0 Å². The van der Waals surface area contributed by atoms with Crippen LogP contribution in [0.15, 0.2) is 35.6 Å². The number of rotatable bonds is 4. The molecule has 3 heteroatoms. The normalized spacial score (nSPS) is 15.3. The van der Waals surface area contributed by atoms with E-state index in [0.29, 0.717) is 13.0 Å². The molecule has 0 atom stereocenters. The molecule has 0 bridgehead atoms. The van der Waals surface area contributed by atoms with Gasteiger partial charge in [0.25, 0.3) is 0 Å². The third-order valence-electron chi connectivity index (χ3n) is 2.99. The molecule has 1 aromatic carbocycles. The maximum atomic E-state index is 11.3. The van der Waals surface area contributed by atoms with Crippen LogP contribution in [-0.4, -0.2) is 12.9 Å². The molecule has 0 aromatic heterocycles. The summed E-state index contributed by atoms with van der Waals surface area (Å²) in [6, 6.07) is 7.73. The summed E-state index contributed by atoms with van der Waals surface area (Å²) in [5.74, 6) is 1.88. The molecule has 1 aliphatic carbocycles. The van der Waals surface area contributed by atoms with Crippen molar-refractivity contribution in [1.29, 1.82) is 0 Å². The first-order chi connectivity index (χ1) is 8.20. The van der Waals surface area contributed by atoms with Crippen molar-refractivity contribution in [3.8, 4) is 5.75 Å². The highest BCUT2D eigenvalue weighted by molar-refractivity contribution is 5.97. The highest BCUT2D eigenvalue weighted by atomic mass is 16.5. The van der Waals surface area contributed by atoms with E-state index >= 15 is 0 Å². The van der Waals surface area contributed by atoms with Gasteiger partial charge in [-0.15, -0.1) is 0 Å². The van der Waals surface area contributed by atoms with Crippen molar-refractivity contribution in [3.63, 3.8) is 0 Å². The lowest BCUT2D eigenvalue weighted by atomic mass is 10.2. The summed E-state index contributed by atoms with van der Waals surface area (Å²) >= 11 is 0. The number of Topliss-reactive ketones (excluding diaryl/α,β-unsaturated/α-hetero) is 1. The van der Waals surface area contributed by atoms with Crippen LogP contribution in [0.25, 0.3) is 0 Å². The number of allylic oxidation sites excluding steroid dienone is 2. The van der Waals surface area contributed by atoms with Gasteiger partial charge in [-0.1, -0.05) is 12.1 Å². The largest absolute Gasteiger partial charge is 0.497 e. The first-order valence-electron chi connectivity index (χ1n) is 5.69. The maximum Gasteiger partial charge on any atom is 0.162 e. The van der Waals surface area contributed by atoms with Gasteiger partial charge in [-0.2, -0.15) is 0 Å². The lowest BCUT2D eigenvalue weighted by molar-refractivity contribution is -0.114. The van der Waals surface area contributed by atoms with Crippen LogP contribution >= 0.6 is 0 Å². The molecule has 90 valence electrons. The minimum Gasteiger partial charge on any atom is -0.497 e. The average molecular weight is 232 g/mol. The third kappa shape index (κ3) is 2.67. The van der Waals surface area contributed by atoms with Gasteiger partial charge in [-0.3, -0.25) is 4.79 Å². The maximum absolute atomic E-state index is 11.3. The molecule has 0 amide bonds. The van der Waals surface area contributed by atoms with E-state index in [4.69, 9.17) is 9.47 Å². The van der Waals surface area contributed by atoms with Crippen LogP contribution in [0.1, 0.15) is 25.3 Å². The van der Waals surface area contributed by atoms with E-state index in [1.807, 2.05) is 31.2 Å². The molecule has 0 saturated heterocycles. The van der Waals surface area contributed by atoms with Gasteiger partial charge < -0.3 is 9.47 Å². The summed E-state index contributed by atoms with van der Waals surface area (Å²) in [5.41, 5.74) is 1.85. The summed E-state index contributed by atoms with van der Waals surface area (Å²) in [6.07, 6.45) is 1.32. The minimum atomic E-state index is 0.203. The molecule has 0 saturated carbocycles. The molecule has 0 fully saturated rings. The van der Waals surface area contributed by atoms with Crippen LogP contribution in [0.5, 0.6) is 5.75 Å². The topological polar surface area (TPSA) is 35.5 Å². The lowest BCUT2D eigenvalue weighted by Gasteiger charge is -2.08. The number of carbonyl (C=O) groups excluding carboxylic acids is 1. The zero-order valence-electron chi connectivity index (χ0n) is 10.2. The quantitative estimate of drug-likeness (QED) is 0.800. The molecule has 1 aromatic rings. The Morgan fingerprint density at radius 1 is 1.18 bits per heavy atom. The second-order valence-corrected chi connectivity index (χ2v) is 4.11. The molecule has 2 rings (SSSR count). The Labute approximate surface area is 101 Å². The Kier molecular flexibility index (Phi) is 3.47. The fraction of sp³-hybridized carbons (Fsp3) is 0.357. The molecular weight excluding hydrogens is 216 g/mol. The van der Waals surface area contributed by atoms with Crippen LogP contribution in [0.2, 0.25) is 0 Å². The fourth-order valence-corrected chi connectivity index (χ4v) is 1.83. The van der Waals surface area contributed by atoms with Crippen molar-refractivity contribution in [2.45, 2.75) is 26.4 Å². The molecule has 1 aliphatic rings. The van der Waals surface area contributed by atoms with Gasteiger partial charge in [-0.25, -0.2) is 0 Å². The second-order valence-electron chi connectivity index (χ2n) is 4.11. The molecule has 0 aliphatic heterocycles. The monoisotopic (exact) mass is 232 g/mol. The van der Waals surface area contributed by atoms with Gasteiger partial charge in [0.1, 0.15) is 18.1 Å². The Bertz CT molecular complexity index is 443. The Morgan fingerprint density at radius 2 is 1.88 bits per heavy atom. The van der Waals surface area contributed by atoms with Crippen LogP contribution in [-0.2, 0) is 16.1 Å². The summed E-state index contributed by atoms with van der Waals surface area (Å²) in [5, 5.41) is 0. The summed E-state index contributed by atoms with van der Waals surface area (Å²) in [7, 11) is 1.64. The van der Waals surface area contributed by atoms with Crippen LogP contribution < -0.4 is 4.74 Å². The van der Waals surface area contributed by atoms with E-state index in [1.54, 1.807) is 7.11 Å². The third-order valence-corrected chi connectivity index (χ3v) is 2.99. The molecular formula is C14H16O3. The van der Waals surface area contributed by atoms with Gasteiger partial charge in [-0.05, 0) is 24.6 Å². The number of methoxy groups -OCH3 is 1. The zero-order valence-corrected chi connectivity index (χ0v) is 10.2. The van der Waals surface area contributed by atoms with Crippen LogP contribution in [0.3, 0.4) is 0 Å². The number of ketones is 1. The van der Waals surface area contributed by atoms with Crippen molar-refractivity contribution >= 4 is 5.78 Å². The van der Waals surface area contributed by atoms with Crippen molar-refractivity contribution in [2.75, 3.05) is 7.11 Å². The molecule has 3 nitrogen and oxygen atoms in total. The minimum absolute atomic E-state index is 0.203. The number of ether oxygens (including phenoxy) is 2. The summed E-state index contributed by atoms with van der Waals surface area (Å²) < 4.78 is 10.7. The van der Waals surface area contributed by atoms with E-state index in [9.17, 15) is 4.79 Å². The lowest BCUT2D eigenvalue weighted by Crippen LogP contribution is -1.95. The standard InChI is InChI=1S/C14H16O3/c1-10-13(15)7-8-14(10)17-9-11-3-5-12(16-2)6-4-11/h3-6H,7-9H2,1-2H3. The summed E-state index contributed by atoms with van der Waals surface area (Å²) in [6.45, 7) is 2.34.